The first-order valence-corrected chi connectivity index (χ1v) is 12.1. The highest BCUT2D eigenvalue weighted by atomic mass is 16.5. The van der Waals surface area contributed by atoms with E-state index in [1.165, 1.54) is 0 Å². The van der Waals surface area contributed by atoms with E-state index in [0.717, 1.165) is 56.3 Å². The lowest BCUT2D eigenvalue weighted by Crippen LogP contribution is -2.27. The number of ether oxygens (including phenoxy) is 1. The number of hydrogen-bond acceptors (Lipinski definition) is 7. The number of aryl methyl sites for hydroxylation is 1. The average molecular weight is 466 g/mol. The second kappa shape index (κ2) is 10.4. The van der Waals surface area contributed by atoms with Gasteiger partial charge in [-0.05, 0) is 37.8 Å². The van der Waals surface area contributed by atoms with Gasteiger partial charge in [0.25, 0.3) is 5.91 Å². The summed E-state index contributed by atoms with van der Waals surface area (Å²) in [6.45, 7) is 2.76. The van der Waals surface area contributed by atoms with Gasteiger partial charge in [0, 0.05) is 44.3 Å². The number of nitrogens with one attached hydrogen (secondary N) is 2. The fraction of sp³-hybridized carbons (Fsp3) is 0.500. The van der Waals surface area contributed by atoms with Crippen LogP contribution < -0.4 is 10.6 Å². The third-order valence-electron chi connectivity index (χ3n) is 6.38. The highest BCUT2D eigenvalue weighted by molar-refractivity contribution is 5.97. The molecule has 0 spiro atoms. The smallest absolute Gasteiger partial charge is 0.273 e. The Labute approximate surface area is 198 Å². The van der Waals surface area contributed by atoms with Gasteiger partial charge in [0.1, 0.15) is 0 Å². The Morgan fingerprint density at radius 1 is 1.09 bits per heavy atom. The molecule has 3 aromatic heterocycles. The van der Waals surface area contributed by atoms with E-state index in [9.17, 15) is 9.90 Å². The van der Waals surface area contributed by atoms with Crippen LogP contribution in [0.1, 0.15) is 67.0 Å². The molecule has 3 N–H and O–H groups in total. The van der Waals surface area contributed by atoms with Crippen LogP contribution in [-0.4, -0.2) is 55.3 Å². The highest BCUT2D eigenvalue weighted by Crippen LogP contribution is 2.27. The molecular weight excluding hydrogens is 434 g/mol. The van der Waals surface area contributed by atoms with Crippen LogP contribution in [0.2, 0.25) is 0 Å². The third kappa shape index (κ3) is 5.13. The van der Waals surface area contributed by atoms with Crippen molar-refractivity contribution in [3.8, 4) is 11.3 Å². The van der Waals surface area contributed by atoms with Crippen molar-refractivity contribution < 1.29 is 14.6 Å². The van der Waals surface area contributed by atoms with E-state index in [1.807, 2.05) is 27.7 Å². The Morgan fingerprint density at radius 2 is 1.94 bits per heavy atom. The van der Waals surface area contributed by atoms with Crippen molar-refractivity contribution in [2.75, 3.05) is 25.1 Å². The molecule has 5 heterocycles. The van der Waals surface area contributed by atoms with Crippen molar-refractivity contribution in [1.29, 1.82) is 0 Å². The molecule has 3 aromatic rings. The van der Waals surface area contributed by atoms with Crippen molar-refractivity contribution >= 4 is 11.6 Å². The molecule has 10 nitrogen and oxygen atoms in total. The van der Waals surface area contributed by atoms with Crippen molar-refractivity contribution in [2.24, 2.45) is 0 Å². The van der Waals surface area contributed by atoms with Crippen molar-refractivity contribution in [3.05, 3.63) is 48.2 Å². The summed E-state index contributed by atoms with van der Waals surface area (Å²) in [6.07, 6.45) is 10.2. The molecule has 34 heavy (non-hydrogen) atoms. The van der Waals surface area contributed by atoms with E-state index in [1.54, 1.807) is 18.5 Å². The summed E-state index contributed by atoms with van der Waals surface area (Å²) in [6, 6.07) is 5.68. The number of aliphatic hydroxyl groups is 1. The minimum atomic E-state index is -1.10. The number of rotatable bonds is 1. The minimum absolute atomic E-state index is 0.160. The number of hydrogen-bond donors (Lipinski definition) is 3. The van der Waals surface area contributed by atoms with Crippen LogP contribution >= 0.6 is 0 Å². The van der Waals surface area contributed by atoms with Gasteiger partial charge >= 0.3 is 0 Å². The number of amides is 1. The quantitative estimate of drug-likeness (QED) is 0.506. The Hall–Kier alpha value is -3.24. The van der Waals surface area contributed by atoms with Crippen LogP contribution in [0.5, 0.6) is 0 Å². The van der Waals surface area contributed by atoms with Gasteiger partial charge in [-0.2, -0.15) is 10.2 Å². The van der Waals surface area contributed by atoms with Gasteiger partial charge < -0.3 is 20.5 Å². The molecule has 1 saturated heterocycles. The van der Waals surface area contributed by atoms with E-state index in [4.69, 9.17) is 4.74 Å². The van der Waals surface area contributed by atoms with Crippen molar-refractivity contribution in [3.63, 3.8) is 0 Å². The van der Waals surface area contributed by atoms with Crippen molar-refractivity contribution in [1.82, 2.24) is 29.9 Å². The molecule has 10 heteroatoms. The largest absolute Gasteiger partial charge is 0.381 e. The molecule has 0 aromatic carbocycles. The molecule has 1 atom stereocenters. The maximum atomic E-state index is 13.0. The number of carbonyl (C=O) groups excluding carboxylic acids is 1. The van der Waals surface area contributed by atoms with E-state index in [2.05, 4.69) is 25.8 Å². The Balaban J connectivity index is 1.45. The van der Waals surface area contributed by atoms with Crippen molar-refractivity contribution in [2.45, 2.75) is 57.3 Å². The highest BCUT2D eigenvalue weighted by Gasteiger charge is 2.24. The van der Waals surface area contributed by atoms with Gasteiger partial charge in [-0.1, -0.05) is 18.9 Å². The Morgan fingerprint density at radius 3 is 2.82 bits per heavy atom. The molecule has 1 fully saturated rings. The second-order valence-corrected chi connectivity index (χ2v) is 8.87. The monoisotopic (exact) mass is 465 g/mol. The lowest BCUT2D eigenvalue weighted by atomic mass is 10.1. The normalized spacial score (nSPS) is 20.5. The lowest BCUT2D eigenvalue weighted by molar-refractivity contribution is 0.0660. The van der Waals surface area contributed by atoms with Crippen LogP contribution in [0, 0.1) is 0 Å². The summed E-state index contributed by atoms with van der Waals surface area (Å²) in [5, 5.41) is 26.1. The molecule has 2 aliphatic rings. The minimum Gasteiger partial charge on any atom is -0.381 e. The summed E-state index contributed by atoms with van der Waals surface area (Å²) < 4.78 is 9.23. The average Bonchev–Trinajstić information content (AvgIpc) is 3.51. The van der Waals surface area contributed by atoms with Crippen LogP contribution in [-0.2, 0) is 11.3 Å². The zero-order valence-electron chi connectivity index (χ0n) is 19.2. The van der Waals surface area contributed by atoms with E-state index in [-0.39, 0.29) is 17.6 Å². The summed E-state index contributed by atoms with van der Waals surface area (Å²) >= 11 is 0. The summed E-state index contributed by atoms with van der Waals surface area (Å²) in [5.41, 5.74) is 2.86. The molecule has 5 rings (SSSR count). The molecule has 2 aliphatic heterocycles. The number of carbonyl (C=O) groups is 1. The predicted molar refractivity (Wildman–Crippen MR) is 126 cm³/mol. The lowest BCUT2D eigenvalue weighted by Gasteiger charge is -2.22. The van der Waals surface area contributed by atoms with Crippen LogP contribution in [0.15, 0.2) is 36.8 Å². The molecule has 0 saturated carbocycles. The molecule has 0 radical (unpaired) electrons. The first kappa shape index (κ1) is 22.5. The van der Waals surface area contributed by atoms with Gasteiger partial charge in [0.05, 0.1) is 29.3 Å². The van der Waals surface area contributed by atoms with Crippen LogP contribution in [0.25, 0.3) is 11.3 Å². The summed E-state index contributed by atoms with van der Waals surface area (Å²) in [4.78, 5) is 17.6. The van der Waals surface area contributed by atoms with E-state index in [0.29, 0.717) is 31.1 Å². The second-order valence-electron chi connectivity index (χ2n) is 8.87. The molecule has 180 valence electrons. The zero-order chi connectivity index (χ0) is 23.3. The van der Waals surface area contributed by atoms with Gasteiger partial charge in [-0.25, -0.2) is 4.98 Å². The van der Waals surface area contributed by atoms with Gasteiger partial charge in [-0.15, -0.1) is 0 Å². The summed E-state index contributed by atoms with van der Waals surface area (Å²) in [7, 11) is 0. The number of aliphatic hydroxyl groups excluding tert-OH is 1. The third-order valence-corrected chi connectivity index (χ3v) is 6.38. The maximum absolute atomic E-state index is 13.0. The maximum Gasteiger partial charge on any atom is 0.273 e. The summed E-state index contributed by atoms with van der Waals surface area (Å²) in [5.74, 6) is -0.244. The van der Waals surface area contributed by atoms with Gasteiger partial charge in [0.15, 0.2) is 11.9 Å². The number of fused-ring (bicyclic) bond motifs is 6. The van der Waals surface area contributed by atoms with Gasteiger partial charge in [0.2, 0.25) is 0 Å². The molecule has 4 bridgehead atoms. The number of nitrogens with zero attached hydrogens (tertiary/aromatic N) is 5. The molecular formula is C24H31N7O3. The SMILES string of the molecule is O=C1NCCCCCCn2cc(cn2)-c2cccc(n2)C(O)Nc2cn(C3CCOCC3)nc21. The fourth-order valence-electron chi connectivity index (χ4n) is 4.44. The first-order valence-electron chi connectivity index (χ1n) is 12.1. The van der Waals surface area contributed by atoms with E-state index >= 15 is 0 Å². The Bertz CT molecular complexity index is 1120. The fourth-order valence-corrected chi connectivity index (χ4v) is 4.44. The van der Waals surface area contributed by atoms with Crippen LogP contribution in [0.4, 0.5) is 5.69 Å². The molecule has 0 aliphatic carbocycles. The topological polar surface area (TPSA) is 119 Å². The Kier molecular flexibility index (Phi) is 6.87. The number of pyridine rings is 1. The number of anilines is 1. The van der Waals surface area contributed by atoms with Gasteiger partial charge in [-0.3, -0.25) is 14.2 Å². The first-order chi connectivity index (χ1) is 16.7. The standard InChI is InChI=1S/C24H31N7O3/c32-23-20-7-5-6-19(27-20)17-14-26-30(15-17)11-4-2-1-3-10-25-24(33)22-21(28-23)16-31(29-22)18-8-12-34-13-9-18/h5-7,14-16,18,23,28,32H,1-4,8-13H2,(H,25,33). The van der Waals surface area contributed by atoms with Crippen LogP contribution in [0.3, 0.4) is 0 Å². The molecule has 1 amide bonds. The zero-order valence-corrected chi connectivity index (χ0v) is 19.2. The molecule has 1 unspecified atom stereocenters. The number of aromatic nitrogens is 5. The van der Waals surface area contributed by atoms with E-state index < -0.39 is 6.23 Å². The predicted octanol–water partition coefficient (Wildman–Crippen LogP) is 2.90.